The molecule has 1 aromatic rings. The lowest BCUT2D eigenvalue weighted by Crippen LogP contribution is -2.09. The normalized spacial score (nSPS) is 24.8. The van der Waals surface area contributed by atoms with Crippen LogP contribution in [0, 0.1) is 5.92 Å². The van der Waals surface area contributed by atoms with Crippen LogP contribution in [0.4, 0.5) is 0 Å². The number of ether oxygens (including phenoxy) is 2. The molecule has 1 fully saturated rings. The maximum atomic E-state index is 5.74. The van der Waals surface area contributed by atoms with Gasteiger partial charge in [0.2, 0.25) is 0 Å². The third-order valence-corrected chi connectivity index (χ3v) is 3.29. The molecule has 0 aromatic heterocycles. The average Bonchev–Trinajstić information content (AvgIpc) is 2.78. The predicted octanol–water partition coefficient (Wildman–Crippen LogP) is 3.02. The average molecular weight is 220 g/mol. The summed E-state index contributed by atoms with van der Waals surface area (Å²) in [5, 5.41) is 0. The molecule has 1 aliphatic rings. The van der Waals surface area contributed by atoms with Gasteiger partial charge in [0, 0.05) is 13.7 Å². The molecule has 0 saturated heterocycles. The first-order chi connectivity index (χ1) is 7.88. The Morgan fingerprint density at radius 1 is 1.19 bits per heavy atom. The van der Waals surface area contributed by atoms with Crippen molar-refractivity contribution in [2.45, 2.75) is 32.0 Å². The van der Waals surface area contributed by atoms with Crippen LogP contribution in [0.2, 0.25) is 0 Å². The maximum Gasteiger partial charge on any atom is 0.0717 e. The second kappa shape index (κ2) is 6.02. The van der Waals surface area contributed by atoms with Crippen LogP contribution in [-0.2, 0) is 16.1 Å². The molecule has 2 nitrogen and oxygen atoms in total. The summed E-state index contributed by atoms with van der Waals surface area (Å²) in [6.45, 7) is 1.60. The fraction of sp³-hybridized carbons (Fsp3) is 0.571. The standard InChI is InChI=1S/C14H20O2/c1-15-14-8-7-13(9-14)11-16-10-12-5-3-2-4-6-12/h2-6,13-14H,7-11H2,1H3/t13-,14?/m0/s1. The molecule has 1 saturated carbocycles. The van der Waals surface area contributed by atoms with Gasteiger partial charge in [-0.3, -0.25) is 0 Å². The zero-order chi connectivity index (χ0) is 11.2. The van der Waals surface area contributed by atoms with Gasteiger partial charge in [-0.2, -0.15) is 0 Å². The highest BCUT2D eigenvalue weighted by Crippen LogP contribution is 2.27. The Kier molecular flexibility index (Phi) is 4.37. The Balaban J connectivity index is 1.65. The number of benzene rings is 1. The molecule has 1 unspecified atom stereocenters. The Bertz CT molecular complexity index is 297. The third kappa shape index (κ3) is 3.32. The van der Waals surface area contributed by atoms with Crippen molar-refractivity contribution in [2.24, 2.45) is 5.92 Å². The Morgan fingerprint density at radius 2 is 2.00 bits per heavy atom. The number of hydrogen-bond donors (Lipinski definition) is 0. The topological polar surface area (TPSA) is 18.5 Å². The molecule has 0 radical (unpaired) electrons. The molecule has 1 aliphatic carbocycles. The van der Waals surface area contributed by atoms with Gasteiger partial charge in [0.25, 0.3) is 0 Å². The zero-order valence-electron chi connectivity index (χ0n) is 9.89. The minimum atomic E-state index is 0.463. The zero-order valence-corrected chi connectivity index (χ0v) is 9.89. The van der Waals surface area contributed by atoms with Crippen LogP contribution in [0.5, 0.6) is 0 Å². The Morgan fingerprint density at radius 3 is 2.69 bits per heavy atom. The first-order valence-corrected chi connectivity index (χ1v) is 6.03. The van der Waals surface area contributed by atoms with E-state index >= 15 is 0 Å². The van der Waals surface area contributed by atoms with Crippen molar-refractivity contribution >= 4 is 0 Å². The molecule has 2 heteroatoms. The lowest BCUT2D eigenvalue weighted by Gasteiger charge is -2.11. The summed E-state index contributed by atoms with van der Waals surface area (Å²) in [5.74, 6) is 0.689. The van der Waals surface area contributed by atoms with E-state index in [0.29, 0.717) is 12.0 Å². The molecule has 0 bridgehead atoms. The van der Waals surface area contributed by atoms with Crippen LogP contribution in [0.1, 0.15) is 24.8 Å². The Labute approximate surface area is 97.6 Å². The quantitative estimate of drug-likeness (QED) is 0.759. The second-order valence-electron chi connectivity index (χ2n) is 4.54. The van der Waals surface area contributed by atoms with Crippen molar-refractivity contribution in [1.82, 2.24) is 0 Å². The van der Waals surface area contributed by atoms with Crippen molar-refractivity contribution in [1.29, 1.82) is 0 Å². The van der Waals surface area contributed by atoms with E-state index in [1.54, 1.807) is 7.11 Å². The molecule has 0 heterocycles. The maximum absolute atomic E-state index is 5.74. The molecule has 16 heavy (non-hydrogen) atoms. The lowest BCUT2D eigenvalue weighted by molar-refractivity contribution is 0.0716. The van der Waals surface area contributed by atoms with E-state index in [1.165, 1.54) is 18.4 Å². The highest BCUT2D eigenvalue weighted by atomic mass is 16.5. The fourth-order valence-electron chi connectivity index (χ4n) is 2.31. The fourth-order valence-corrected chi connectivity index (χ4v) is 2.31. The van der Waals surface area contributed by atoms with Gasteiger partial charge >= 0.3 is 0 Å². The van der Waals surface area contributed by atoms with E-state index in [1.807, 2.05) is 6.07 Å². The van der Waals surface area contributed by atoms with Crippen LogP contribution in [0.3, 0.4) is 0 Å². The third-order valence-electron chi connectivity index (χ3n) is 3.29. The molecule has 2 atom stereocenters. The summed E-state index contributed by atoms with van der Waals surface area (Å²) in [5.41, 5.74) is 1.25. The van der Waals surface area contributed by atoms with Gasteiger partial charge in [0.05, 0.1) is 12.7 Å². The van der Waals surface area contributed by atoms with Crippen LogP contribution >= 0.6 is 0 Å². The molecule has 1 aromatic carbocycles. The number of methoxy groups -OCH3 is 1. The van der Waals surface area contributed by atoms with Crippen LogP contribution < -0.4 is 0 Å². The number of hydrogen-bond acceptors (Lipinski definition) is 2. The minimum absolute atomic E-state index is 0.463. The summed E-state index contributed by atoms with van der Waals surface area (Å²) in [4.78, 5) is 0. The van der Waals surface area contributed by atoms with E-state index in [0.717, 1.165) is 19.6 Å². The first kappa shape index (κ1) is 11.6. The molecular formula is C14H20O2. The van der Waals surface area contributed by atoms with E-state index in [9.17, 15) is 0 Å². The molecule has 0 amide bonds. The van der Waals surface area contributed by atoms with Crippen LogP contribution in [0.15, 0.2) is 30.3 Å². The SMILES string of the molecule is COC1CC[C@H](COCc2ccccc2)C1. The highest BCUT2D eigenvalue weighted by Gasteiger charge is 2.24. The van der Waals surface area contributed by atoms with Crippen LogP contribution in [-0.4, -0.2) is 19.8 Å². The predicted molar refractivity (Wildman–Crippen MR) is 64.2 cm³/mol. The van der Waals surface area contributed by atoms with Crippen molar-refractivity contribution in [3.8, 4) is 0 Å². The summed E-state index contributed by atoms with van der Waals surface area (Å²) >= 11 is 0. The van der Waals surface area contributed by atoms with Crippen molar-refractivity contribution in [2.75, 3.05) is 13.7 Å². The van der Waals surface area contributed by atoms with Crippen LogP contribution in [0.25, 0.3) is 0 Å². The van der Waals surface area contributed by atoms with Gasteiger partial charge in [0.15, 0.2) is 0 Å². The van der Waals surface area contributed by atoms with Gasteiger partial charge < -0.3 is 9.47 Å². The van der Waals surface area contributed by atoms with Crippen molar-refractivity contribution < 1.29 is 9.47 Å². The molecule has 88 valence electrons. The van der Waals surface area contributed by atoms with Gasteiger partial charge in [-0.05, 0) is 30.7 Å². The molecular weight excluding hydrogens is 200 g/mol. The van der Waals surface area contributed by atoms with Gasteiger partial charge in [-0.15, -0.1) is 0 Å². The van der Waals surface area contributed by atoms with Gasteiger partial charge in [0.1, 0.15) is 0 Å². The molecule has 2 rings (SSSR count). The van der Waals surface area contributed by atoms with E-state index in [4.69, 9.17) is 9.47 Å². The largest absolute Gasteiger partial charge is 0.381 e. The smallest absolute Gasteiger partial charge is 0.0717 e. The second-order valence-corrected chi connectivity index (χ2v) is 4.54. The van der Waals surface area contributed by atoms with E-state index < -0.39 is 0 Å². The van der Waals surface area contributed by atoms with Gasteiger partial charge in [-0.1, -0.05) is 30.3 Å². The summed E-state index contributed by atoms with van der Waals surface area (Å²) in [7, 11) is 1.80. The van der Waals surface area contributed by atoms with Gasteiger partial charge in [-0.25, -0.2) is 0 Å². The van der Waals surface area contributed by atoms with Crippen molar-refractivity contribution in [3.05, 3.63) is 35.9 Å². The summed E-state index contributed by atoms with van der Waals surface area (Å²) < 4.78 is 11.1. The monoisotopic (exact) mass is 220 g/mol. The molecule has 0 spiro atoms. The number of rotatable bonds is 5. The first-order valence-electron chi connectivity index (χ1n) is 6.03. The molecule has 0 aliphatic heterocycles. The Hall–Kier alpha value is -0.860. The van der Waals surface area contributed by atoms with E-state index in [-0.39, 0.29) is 0 Å². The summed E-state index contributed by atoms with van der Waals surface area (Å²) in [6, 6.07) is 10.3. The minimum Gasteiger partial charge on any atom is -0.381 e. The van der Waals surface area contributed by atoms with Crippen molar-refractivity contribution in [3.63, 3.8) is 0 Å². The van der Waals surface area contributed by atoms with E-state index in [2.05, 4.69) is 24.3 Å². The summed E-state index contributed by atoms with van der Waals surface area (Å²) in [6.07, 6.45) is 4.05. The molecule has 0 N–H and O–H groups in total. The lowest BCUT2D eigenvalue weighted by atomic mass is 10.1. The highest BCUT2D eigenvalue weighted by molar-refractivity contribution is 5.13.